The second-order valence-corrected chi connectivity index (χ2v) is 2.44. The molecule has 0 aromatic heterocycles. The van der Waals surface area contributed by atoms with Crippen LogP contribution in [0, 0.1) is 6.58 Å². The van der Waals surface area contributed by atoms with Gasteiger partial charge >= 0.3 is 23.1 Å². The predicted octanol–water partition coefficient (Wildman–Crippen LogP) is -0.0407. The zero-order chi connectivity index (χ0) is 6.95. The van der Waals surface area contributed by atoms with Crippen molar-refractivity contribution < 1.29 is 12.4 Å². The fraction of sp³-hybridized carbons (Fsp3) is 0.778. The summed E-state index contributed by atoms with van der Waals surface area (Å²) in [4.78, 5) is 0. The SMILES string of the molecule is [CH-]=CCCCCCCC.[Cl-].[Mg+2]. The van der Waals surface area contributed by atoms with Gasteiger partial charge in [-0.1, -0.05) is 45.4 Å². The number of hydrogen-bond donors (Lipinski definition) is 0. The number of rotatable bonds is 6. The van der Waals surface area contributed by atoms with E-state index < -0.39 is 0 Å². The molecule has 0 nitrogen and oxygen atoms in total. The molecule has 0 fully saturated rings. The summed E-state index contributed by atoms with van der Waals surface area (Å²) in [6.07, 6.45) is 9.55. The van der Waals surface area contributed by atoms with Gasteiger partial charge in [0.15, 0.2) is 0 Å². The van der Waals surface area contributed by atoms with Crippen LogP contribution in [0.4, 0.5) is 0 Å². The Morgan fingerprint density at radius 1 is 1.09 bits per heavy atom. The van der Waals surface area contributed by atoms with Crippen LogP contribution >= 0.6 is 0 Å². The van der Waals surface area contributed by atoms with E-state index in [1.165, 1.54) is 32.1 Å². The van der Waals surface area contributed by atoms with E-state index in [1.54, 1.807) is 6.08 Å². The minimum atomic E-state index is 0. The smallest absolute Gasteiger partial charge is 1.00 e. The summed E-state index contributed by atoms with van der Waals surface area (Å²) >= 11 is 0. The maximum absolute atomic E-state index is 5.22. The molecule has 0 aromatic rings. The fourth-order valence-electron chi connectivity index (χ4n) is 0.866. The second-order valence-electron chi connectivity index (χ2n) is 2.44. The molecule has 0 aliphatic heterocycles. The molecule has 0 rings (SSSR count). The van der Waals surface area contributed by atoms with Gasteiger partial charge in [-0.25, -0.2) is 0 Å². The first-order valence-electron chi connectivity index (χ1n) is 3.95. The van der Waals surface area contributed by atoms with Gasteiger partial charge in [0.25, 0.3) is 0 Å². The van der Waals surface area contributed by atoms with Crippen molar-refractivity contribution in [2.75, 3.05) is 0 Å². The Morgan fingerprint density at radius 3 is 2.09 bits per heavy atom. The molecule has 0 saturated carbocycles. The van der Waals surface area contributed by atoms with Crippen molar-refractivity contribution >= 4 is 23.1 Å². The minimum Gasteiger partial charge on any atom is -1.00 e. The summed E-state index contributed by atoms with van der Waals surface area (Å²) in [5, 5.41) is 0. The Hall–Kier alpha value is 0.796. The van der Waals surface area contributed by atoms with Gasteiger partial charge in [-0.3, -0.25) is 6.08 Å². The third-order valence-electron chi connectivity index (χ3n) is 1.47. The first-order valence-corrected chi connectivity index (χ1v) is 3.95. The first kappa shape index (κ1) is 17.8. The molecule has 0 aromatic carbocycles. The van der Waals surface area contributed by atoms with Crippen molar-refractivity contribution in [1.29, 1.82) is 0 Å². The van der Waals surface area contributed by atoms with E-state index in [0.29, 0.717) is 0 Å². The summed E-state index contributed by atoms with van der Waals surface area (Å²) in [6, 6.07) is 0. The molecule has 0 heterocycles. The maximum atomic E-state index is 5.22. The van der Waals surface area contributed by atoms with E-state index in [4.69, 9.17) is 6.58 Å². The van der Waals surface area contributed by atoms with Crippen LogP contribution in [-0.4, -0.2) is 23.1 Å². The van der Waals surface area contributed by atoms with Gasteiger partial charge in [0.1, 0.15) is 0 Å². The Bertz CT molecular complexity index is 64.6. The van der Waals surface area contributed by atoms with Gasteiger partial charge in [0.2, 0.25) is 0 Å². The number of halogens is 1. The summed E-state index contributed by atoms with van der Waals surface area (Å²) in [7, 11) is 0. The van der Waals surface area contributed by atoms with Gasteiger partial charge in [-0.2, -0.15) is 0 Å². The van der Waals surface area contributed by atoms with Crippen LogP contribution in [0.1, 0.15) is 45.4 Å². The van der Waals surface area contributed by atoms with Crippen LogP contribution in [0.5, 0.6) is 0 Å². The van der Waals surface area contributed by atoms with Gasteiger partial charge in [-0.05, 0) is 0 Å². The molecule has 0 spiro atoms. The molecule has 0 bridgehead atoms. The Morgan fingerprint density at radius 2 is 1.64 bits per heavy atom. The number of unbranched alkanes of at least 4 members (excludes halogenated alkanes) is 5. The van der Waals surface area contributed by atoms with E-state index in [2.05, 4.69) is 6.92 Å². The van der Waals surface area contributed by atoms with Gasteiger partial charge in [0.05, 0.1) is 0 Å². The molecule has 0 atom stereocenters. The van der Waals surface area contributed by atoms with Crippen molar-refractivity contribution in [2.45, 2.75) is 45.4 Å². The fourth-order valence-corrected chi connectivity index (χ4v) is 0.866. The van der Waals surface area contributed by atoms with Crippen molar-refractivity contribution in [1.82, 2.24) is 0 Å². The Balaban J connectivity index is -0.000000320. The van der Waals surface area contributed by atoms with E-state index in [1.807, 2.05) is 0 Å². The molecule has 0 amide bonds. The van der Waals surface area contributed by atoms with Crippen LogP contribution in [0.25, 0.3) is 0 Å². The maximum Gasteiger partial charge on any atom is 2.00 e. The standard InChI is InChI=1S/C9H17.ClH.Mg/c1-3-5-7-9-8-6-4-2;;/h1,3H,4-9H2,2H3;1H;/q-1;;+2/p-1. The third-order valence-corrected chi connectivity index (χ3v) is 1.47. The van der Waals surface area contributed by atoms with Gasteiger partial charge < -0.3 is 19.0 Å². The number of hydrogen-bond acceptors (Lipinski definition) is 0. The molecule has 11 heavy (non-hydrogen) atoms. The quantitative estimate of drug-likeness (QED) is 0.309. The van der Waals surface area contributed by atoms with E-state index in [0.717, 1.165) is 6.42 Å². The summed E-state index contributed by atoms with van der Waals surface area (Å²) < 4.78 is 0. The van der Waals surface area contributed by atoms with Crippen molar-refractivity contribution in [3.8, 4) is 0 Å². The van der Waals surface area contributed by atoms with Crippen molar-refractivity contribution in [3.63, 3.8) is 0 Å². The summed E-state index contributed by atoms with van der Waals surface area (Å²) in [6.45, 7) is 7.45. The molecule has 0 unspecified atom stereocenters. The van der Waals surface area contributed by atoms with Crippen molar-refractivity contribution in [3.05, 3.63) is 12.7 Å². The molecule has 0 radical (unpaired) electrons. The average Bonchev–Trinajstić information content (AvgIpc) is 1.89. The molecule has 0 N–H and O–H groups in total. The van der Waals surface area contributed by atoms with E-state index in [-0.39, 0.29) is 35.5 Å². The molecule has 0 aliphatic carbocycles. The second kappa shape index (κ2) is 17.0. The van der Waals surface area contributed by atoms with Gasteiger partial charge in [-0.15, -0.1) is 0 Å². The van der Waals surface area contributed by atoms with E-state index in [9.17, 15) is 0 Å². The van der Waals surface area contributed by atoms with Gasteiger partial charge in [0, 0.05) is 0 Å². The average molecular weight is 185 g/mol. The molecule has 62 valence electrons. The Kier molecular flexibility index (Phi) is 27.5. The summed E-state index contributed by atoms with van der Waals surface area (Å²) in [5.74, 6) is 0. The normalized spacial score (nSPS) is 7.73. The van der Waals surface area contributed by atoms with Crippen LogP contribution in [0.15, 0.2) is 6.08 Å². The predicted molar refractivity (Wildman–Crippen MR) is 48.0 cm³/mol. The molecular weight excluding hydrogens is 168 g/mol. The van der Waals surface area contributed by atoms with E-state index >= 15 is 0 Å². The Labute approximate surface area is 93.4 Å². The molecule has 0 aliphatic rings. The zero-order valence-electron chi connectivity index (χ0n) is 7.48. The molecule has 2 heteroatoms. The number of allylic oxidation sites excluding steroid dienone is 1. The first-order chi connectivity index (χ1) is 4.41. The minimum absolute atomic E-state index is 0. The topological polar surface area (TPSA) is 0 Å². The van der Waals surface area contributed by atoms with Crippen molar-refractivity contribution in [2.24, 2.45) is 0 Å². The van der Waals surface area contributed by atoms with Crippen LogP contribution in [0.3, 0.4) is 0 Å². The summed E-state index contributed by atoms with van der Waals surface area (Å²) in [5.41, 5.74) is 0. The largest absolute Gasteiger partial charge is 2.00 e. The molecular formula is C9H17ClMg. The monoisotopic (exact) mass is 184 g/mol. The third kappa shape index (κ3) is 18.1. The van der Waals surface area contributed by atoms with Crippen LogP contribution in [-0.2, 0) is 0 Å². The van der Waals surface area contributed by atoms with Crippen LogP contribution in [0.2, 0.25) is 0 Å². The zero-order valence-corrected chi connectivity index (χ0v) is 9.65. The molecule has 0 saturated heterocycles. The van der Waals surface area contributed by atoms with Crippen LogP contribution < -0.4 is 12.4 Å².